The average Bonchev–Trinajstić information content (AvgIpc) is 2.32. The third-order valence-electron chi connectivity index (χ3n) is 4.88. The van der Waals surface area contributed by atoms with Gasteiger partial charge in [-0.2, -0.15) is 0 Å². The highest BCUT2D eigenvalue weighted by Crippen LogP contribution is 2.48. The minimum atomic E-state index is -0.258. The van der Waals surface area contributed by atoms with E-state index in [9.17, 15) is 4.79 Å². The molecule has 2 unspecified atom stereocenters. The van der Waals surface area contributed by atoms with E-state index in [1.54, 1.807) is 0 Å². The van der Waals surface area contributed by atoms with Gasteiger partial charge in [0.05, 0.1) is 12.5 Å². The summed E-state index contributed by atoms with van der Waals surface area (Å²) in [5.74, 6) is 0.550. The van der Waals surface area contributed by atoms with E-state index >= 15 is 0 Å². The van der Waals surface area contributed by atoms with E-state index in [1.807, 2.05) is 7.05 Å². The molecule has 0 aromatic heterocycles. The van der Waals surface area contributed by atoms with E-state index in [4.69, 9.17) is 4.74 Å². The zero-order valence-corrected chi connectivity index (χ0v) is 11.9. The molecule has 1 N–H and O–H groups in total. The Hall–Kier alpha value is -0.610. The topological polar surface area (TPSA) is 41.6 Å². The van der Waals surface area contributed by atoms with Crippen molar-refractivity contribution in [3.8, 4) is 0 Å². The fraction of sp³-hybridized carbons (Fsp3) is 0.929. The van der Waals surface area contributed by atoms with Crippen molar-refractivity contribution in [3.05, 3.63) is 0 Å². The monoisotopic (exact) mass is 254 g/mol. The fourth-order valence-electron chi connectivity index (χ4n) is 3.84. The minimum Gasteiger partial charge on any atom is -0.469 e. The third-order valence-corrected chi connectivity index (χ3v) is 4.88. The van der Waals surface area contributed by atoms with Crippen LogP contribution < -0.4 is 5.32 Å². The Morgan fingerprint density at radius 1 is 1.44 bits per heavy atom. The number of carbonyl (C=O) groups excluding carboxylic acids is 1. The number of hydrogen-bond acceptors (Lipinski definition) is 4. The molecule has 1 saturated carbocycles. The van der Waals surface area contributed by atoms with Crippen molar-refractivity contribution in [3.63, 3.8) is 0 Å². The second kappa shape index (κ2) is 5.57. The quantitative estimate of drug-likeness (QED) is 0.767. The van der Waals surface area contributed by atoms with Gasteiger partial charge in [-0.15, -0.1) is 0 Å². The van der Waals surface area contributed by atoms with Gasteiger partial charge in [0.2, 0.25) is 0 Å². The Balaban J connectivity index is 2.13. The van der Waals surface area contributed by atoms with Crippen LogP contribution in [0.2, 0.25) is 0 Å². The molecule has 0 aromatic rings. The molecule has 4 heteroatoms. The molecule has 1 aliphatic carbocycles. The molecule has 1 aliphatic heterocycles. The summed E-state index contributed by atoms with van der Waals surface area (Å²) >= 11 is 0. The van der Waals surface area contributed by atoms with Gasteiger partial charge in [0.1, 0.15) is 0 Å². The first-order valence-electron chi connectivity index (χ1n) is 7.08. The van der Waals surface area contributed by atoms with E-state index in [2.05, 4.69) is 17.3 Å². The Morgan fingerprint density at radius 3 is 2.61 bits per heavy atom. The van der Waals surface area contributed by atoms with Crippen molar-refractivity contribution in [1.82, 2.24) is 10.2 Å². The molecule has 0 radical (unpaired) electrons. The Labute approximate surface area is 110 Å². The molecule has 1 saturated heterocycles. The number of nitrogens with zero attached hydrogens (tertiary/aromatic N) is 1. The van der Waals surface area contributed by atoms with Gasteiger partial charge < -0.3 is 15.0 Å². The lowest BCUT2D eigenvalue weighted by molar-refractivity contribution is -0.163. The van der Waals surface area contributed by atoms with Crippen molar-refractivity contribution in [2.24, 2.45) is 11.3 Å². The second-order valence-electron chi connectivity index (χ2n) is 5.93. The summed E-state index contributed by atoms with van der Waals surface area (Å²) in [7, 11) is 5.68. The number of rotatable bonds is 4. The molecule has 2 fully saturated rings. The first-order valence-corrected chi connectivity index (χ1v) is 7.08. The number of carbonyl (C=O) groups is 1. The zero-order valence-electron chi connectivity index (χ0n) is 11.9. The normalized spacial score (nSPS) is 29.4. The summed E-state index contributed by atoms with van der Waals surface area (Å²) < 4.78 is 5.07. The van der Waals surface area contributed by atoms with Gasteiger partial charge in [-0.1, -0.05) is 6.42 Å². The summed E-state index contributed by atoms with van der Waals surface area (Å²) in [5, 5.41) is 3.42. The first-order chi connectivity index (χ1) is 8.64. The maximum absolute atomic E-state index is 12.2. The van der Waals surface area contributed by atoms with Crippen molar-refractivity contribution in [2.45, 2.75) is 38.1 Å². The van der Waals surface area contributed by atoms with E-state index in [0.29, 0.717) is 5.92 Å². The van der Waals surface area contributed by atoms with Crippen molar-refractivity contribution < 1.29 is 9.53 Å². The summed E-state index contributed by atoms with van der Waals surface area (Å²) in [6.45, 7) is 2.27. The van der Waals surface area contributed by atoms with Crippen LogP contribution in [-0.2, 0) is 9.53 Å². The Morgan fingerprint density at radius 2 is 2.17 bits per heavy atom. The van der Waals surface area contributed by atoms with Gasteiger partial charge in [0, 0.05) is 12.6 Å². The van der Waals surface area contributed by atoms with Gasteiger partial charge in [-0.3, -0.25) is 4.79 Å². The predicted molar refractivity (Wildman–Crippen MR) is 71.4 cm³/mol. The number of esters is 1. The van der Waals surface area contributed by atoms with Crippen molar-refractivity contribution in [1.29, 1.82) is 0 Å². The molecule has 2 aliphatic rings. The largest absolute Gasteiger partial charge is 0.469 e. The number of hydrogen-bond donors (Lipinski definition) is 1. The van der Waals surface area contributed by atoms with Crippen LogP contribution in [0.15, 0.2) is 0 Å². The molecule has 18 heavy (non-hydrogen) atoms. The molecule has 0 bridgehead atoms. The molecule has 1 heterocycles. The van der Waals surface area contributed by atoms with Crippen LogP contribution in [0.3, 0.4) is 0 Å². The van der Waals surface area contributed by atoms with Crippen LogP contribution in [0, 0.1) is 11.3 Å². The lowest BCUT2D eigenvalue weighted by atomic mass is 9.60. The smallest absolute Gasteiger partial charge is 0.313 e. The van der Waals surface area contributed by atoms with Crippen LogP contribution in [0.4, 0.5) is 0 Å². The SMILES string of the molecule is CNC(C1CCCN(C)C1)C1(C(=O)OC)CCC1. The van der Waals surface area contributed by atoms with E-state index in [0.717, 1.165) is 25.8 Å². The van der Waals surface area contributed by atoms with E-state index in [1.165, 1.54) is 26.5 Å². The third kappa shape index (κ3) is 2.28. The van der Waals surface area contributed by atoms with Crippen LogP contribution in [0.5, 0.6) is 0 Å². The summed E-state index contributed by atoms with van der Waals surface area (Å²) in [6, 6.07) is 0.265. The number of ether oxygens (including phenoxy) is 1. The maximum atomic E-state index is 12.2. The fourth-order valence-corrected chi connectivity index (χ4v) is 3.84. The standard InChI is InChI=1S/C14H26N2O2/c1-15-12(11-6-4-9-16(2)10-11)14(7-5-8-14)13(17)18-3/h11-12,15H,4-10H2,1-3H3. The molecular weight excluding hydrogens is 228 g/mol. The summed E-state index contributed by atoms with van der Waals surface area (Å²) in [4.78, 5) is 14.5. The van der Waals surface area contributed by atoms with Gasteiger partial charge in [0.25, 0.3) is 0 Å². The Bertz CT molecular complexity index is 302. The number of nitrogens with one attached hydrogen (secondary N) is 1. The molecular formula is C14H26N2O2. The van der Waals surface area contributed by atoms with E-state index in [-0.39, 0.29) is 17.4 Å². The number of piperidine rings is 1. The van der Waals surface area contributed by atoms with Crippen LogP contribution in [0.1, 0.15) is 32.1 Å². The van der Waals surface area contributed by atoms with Crippen LogP contribution >= 0.6 is 0 Å². The van der Waals surface area contributed by atoms with Gasteiger partial charge >= 0.3 is 5.97 Å². The first kappa shape index (κ1) is 13.8. The molecule has 2 atom stereocenters. The molecule has 0 aromatic carbocycles. The number of likely N-dealkylation sites (tertiary alicyclic amines) is 1. The Kier molecular flexibility index (Phi) is 4.28. The van der Waals surface area contributed by atoms with Gasteiger partial charge in [-0.05, 0) is 52.2 Å². The van der Waals surface area contributed by atoms with Gasteiger partial charge in [-0.25, -0.2) is 0 Å². The maximum Gasteiger partial charge on any atom is 0.313 e. The average molecular weight is 254 g/mol. The molecule has 0 spiro atoms. The van der Waals surface area contributed by atoms with Crippen LogP contribution in [-0.4, -0.2) is 51.2 Å². The predicted octanol–water partition coefficient (Wildman–Crippen LogP) is 1.26. The van der Waals surface area contributed by atoms with Crippen LogP contribution in [0.25, 0.3) is 0 Å². The molecule has 4 nitrogen and oxygen atoms in total. The van der Waals surface area contributed by atoms with E-state index < -0.39 is 0 Å². The lowest BCUT2D eigenvalue weighted by Gasteiger charge is -2.49. The number of methoxy groups -OCH3 is 1. The van der Waals surface area contributed by atoms with Crippen molar-refractivity contribution in [2.75, 3.05) is 34.3 Å². The second-order valence-corrected chi connectivity index (χ2v) is 5.93. The molecule has 0 amide bonds. The zero-order chi connectivity index (χ0) is 13.2. The molecule has 2 rings (SSSR count). The molecule has 104 valence electrons. The van der Waals surface area contributed by atoms with Gasteiger partial charge in [0.15, 0.2) is 0 Å². The van der Waals surface area contributed by atoms with Crippen molar-refractivity contribution >= 4 is 5.97 Å². The highest BCUT2D eigenvalue weighted by atomic mass is 16.5. The highest BCUT2D eigenvalue weighted by Gasteiger charge is 2.53. The summed E-state index contributed by atoms with van der Waals surface area (Å²) in [5.41, 5.74) is -0.258. The minimum absolute atomic E-state index is 0.0127. The summed E-state index contributed by atoms with van der Waals surface area (Å²) in [6.07, 6.45) is 5.55. The lowest BCUT2D eigenvalue weighted by Crippen LogP contribution is -2.59. The highest BCUT2D eigenvalue weighted by molar-refractivity contribution is 5.78.